The minimum atomic E-state index is 0.632. The average Bonchev–Trinajstić information content (AvgIpc) is 2.71. The fourth-order valence-electron chi connectivity index (χ4n) is 1.60. The van der Waals surface area contributed by atoms with Crippen LogP contribution in [-0.2, 0) is 0 Å². The molecule has 1 heterocycles. The first-order valence-corrected chi connectivity index (χ1v) is 6.02. The van der Waals surface area contributed by atoms with Gasteiger partial charge in [-0.15, -0.1) is 0 Å². The van der Waals surface area contributed by atoms with E-state index in [1.807, 2.05) is 30.0 Å². The summed E-state index contributed by atoms with van der Waals surface area (Å²) in [7, 11) is 1.70. The lowest BCUT2D eigenvalue weighted by atomic mass is 10.2. The Bertz CT molecular complexity index is 297. The van der Waals surface area contributed by atoms with E-state index >= 15 is 0 Å². The molecule has 1 unspecified atom stereocenters. The van der Waals surface area contributed by atoms with Crippen molar-refractivity contribution in [3.63, 3.8) is 0 Å². The summed E-state index contributed by atoms with van der Waals surface area (Å²) in [6.07, 6.45) is 1.27. The molecule has 1 aromatic carbocycles. The highest BCUT2D eigenvalue weighted by molar-refractivity contribution is 7.99. The molecular formula is C11H15NOS. The molecule has 2 nitrogen and oxygen atoms in total. The molecule has 0 radical (unpaired) electrons. The van der Waals surface area contributed by atoms with Crippen molar-refractivity contribution in [3.8, 4) is 5.75 Å². The number of thioether (sulfide) groups is 1. The second kappa shape index (κ2) is 4.60. The SMILES string of the molecule is COc1cccc(NC2CCSC2)c1. The zero-order valence-corrected chi connectivity index (χ0v) is 9.14. The summed E-state index contributed by atoms with van der Waals surface area (Å²) in [6.45, 7) is 0. The van der Waals surface area contributed by atoms with Gasteiger partial charge < -0.3 is 10.1 Å². The maximum atomic E-state index is 5.17. The Labute approximate surface area is 89.0 Å². The molecule has 3 heteroatoms. The van der Waals surface area contributed by atoms with E-state index in [2.05, 4.69) is 11.4 Å². The lowest BCUT2D eigenvalue weighted by Gasteiger charge is -2.13. The molecule has 0 aromatic heterocycles. The van der Waals surface area contributed by atoms with E-state index in [0.717, 1.165) is 11.4 Å². The van der Waals surface area contributed by atoms with E-state index in [-0.39, 0.29) is 0 Å². The van der Waals surface area contributed by atoms with E-state index in [9.17, 15) is 0 Å². The number of hydrogen-bond acceptors (Lipinski definition) is 3. The Balaban J connectivity index is 2.00. The quantitative estimate of drug-likeness (QED) is 0.827. The van der Waals surface area contributed by atoms with Gasteiger partial charge in [0.1, 0.15) is 5.75 Å². The molecule has 1 aromatic rings. The van der Waals surface area contributed by atoms with Crippen molar-refractivity contribution in [3.05, 3.63) is 24.3 Å². The van der Waals surface area contributed by atoms with Crippen LogP contribution in [0.15, 0.2) is 24.3 Å². The molecule has 1 atom stereocenters. The van der Waals surface area contributed by atoms with Gasteiger partial charge in [0, 0.05) is 23.5 Å². The number of nitrogens with one attached hydrogen (secondary N) is 1. The molecule has 1 aliphatic heterocycles. The Kier molecular flexibility index (Phi) is 3.19. The number of hydrogen-bond donors (Lipinski definition) is 1. The summed E-state index contributed by atoms with van der Waals surface area (Å²) < 4.78 is 5.17. The van der Waals surface area contributed by atoms with E-state index in [1.165, 1.54) is 17.9 Å². The second-order valence-corrected chi connectivity index (χ2v) is 4.59. The highest BCUT2D eigenvalue weighted by Crippen LogP contribution is 2.23. The maximum absolute atomic E-state index is 5.17. The van der Waals surface area contributed by atoms with Crippen LogP contribution in [0, 0.1) is 0 Å². The second-order valence-electron chi connectivity index (χ2n) is 3.44. The number of methoxy groups -OCH3 is 1. The zero-order valence-electron chi connectivity index (χ0n) is 8.32. The highest BCUT2D eigenvalue weighted by Gasteiger charge is 2.14. The van der Waals surface area contributed by atoms with Crippen molar-refractivity contribution in [1.82, 2.24) is 0 Å². The summed E-state index contributed by atoms with van der Waals surface area (Å²) in [4.78, 5) is 0. The fraction of sp³-hybridized carbons (Fsp3) is 0.455. The summed E-state index contributed by atoms with van der Waals surface area (Å²) in [5.41, 5.74) is 1.16. The predicted molar refractivity (Wildman–Crippen MR) is 62.3 cm³/mol. The van der Waals surface area contributed by atoms with Crippen LogP contribution in [0.1, 0.15) is 6.42 Å². The van der Waals surface area contributed by atoms with Crippen LogP contribution in [0.5, 0.6) is 5.75 Å². The standard InChI is InChI=1S/C11H15NOS/c1-13-11-4-2-3-9(7-11)12-10-5-6-14-8-10/h2-4,7,10,12H,5-6,8H2,1H3. The lowest BCUT2D eigenvalue weighted by molar-refractivity contribution is 0.415. The van der Waals surface area contributed by atoms with Gasteiger partial charge in [0.15, 0.2) is 0 Å². The first-order valence-electron chi connectivity index (χ1n) is 4.87. The molecule has 1 N–H and O–H groups in total. The molecule has 0 bridgehead atoms. The van der Waals surface area contributed by atoms with Crippen molar-refractivity contribution in [1.29, 1.82) is 0 Å². The van der Waals surface area contributed by atoms with E-state index in [4.69, 9.17) is 4.74 Å². The number of benzene rings is 1. The van der Waals surface area contributed by atoms with E-state index in [1.54, 1.807) is 7.11 Å². The van der Waals surface area contributed by atoms with Crippen LogP contribution in [-0.4, -0.2) is 24.7 Å². The molecule has 76 valence electrons. The number of ether oxygens (including phenoxy) is 1. The fourth-order valence-corrected chi connectivity index (χ4v) is 2.75. The van der Waals surface area contributed by atoms with Gasteiger partial charge in [-0.2, -0.15) is 11.8 Å². The maximum Gasteiger partial charge on any atom is 0.120 e. The lowest BCUT2D eigenvalue weighted by Crippen LogP contribution is -2.17. The third-order valence-corrected chi connectivity index (χ3v) is 3.53. The molecular weight excluding hydrogens is 194 g/mol. The minimum absolute atomic E-state index is 0.632. The molecule has 1 aliphatic rings. The molecule has 0 aliphatic carbocycles. The van der Waals surface area contributed by atoms with Gasteiger partial charge in [-0.25, -0.2) is 0 Å². The van der Waals surface area contributed by atoms with Crippen molar-refractivity contribution in [2.45, 2.75) is 12.5 Å². The van der Waals surface area contributed by atoms with Crippen molar-refractivity contribution in [2.24, 2.45) is 0 Å². The monoisotopic (exact) mass is 209 g/mol. The Morgan fingerprint density at radius 1 is 1.50 bits per heavy atom. The van der Waals surface area contributed by atoms with Gasteiger partial charge in [0.25, 0.3) is 0 Å². The van der Waals surface area contributed by atoms with Gasteiger partial charge in [-0.1, -0.05) is 6.07 Å². The number of rotatable bonds is 3. The Hall–Kier alpha value is -0.830. The summed E-state index contributed by atoms with van der Waals surface area (Å²) in [5, 5.41) is 3.51. The first-order chi connectivity index (χ1) is 6.88. The van der Waals surface area contributed by atoms with Crippen LogP contribution in [0.3, 0.4) is 0 Å². The van der Waals surface area contributed by atoms with Crippen molar-refractivity contribution >= 4 is 17.4 Å². The molecule has 14 heavy (non-hydrogen) atoms. The highest BCUT2D eigenvalue weighted by atomic mass is 32.2. The average molecular weight is 209 g/mol. The molecule has 1 saturated heterocycles. The zero-order chi connectivity index (χ0) is 9.80. The molecule has 2 rings (SSSR count). The smallest absolute Gasteiger partial charge is 0.120 e. The molecule has 1 fully saturated rings. The molecule has 0 saturated carbocycles. The third-order valence-electron chi connectivity index (χ3n) is 2.37. The van der Waals surface area contributed by atoms with Gasteiger partial charge >= 0.3 is 0 Å². The van der Waals surface area contributed by atoms with Gasteiger partial charge in [-0.05, 0) is 24.3 Å². The predicted octanol–water partition coefficient (Wildman–Crippen LogP) is 2.61. The largest absolute Gasteiger partial charge is 0.497 e. The van der Waals surface area contributed by atoms with Crippen LogP contribution in [0.4, 0.5) is 5.69 Å². The topological polar surface area (TPSA) is 21.3 Å². The summed E-state index contributed by atoms with van der Waals surface area (Å²) >= 11 is 2.02. The van der Waals surface area contributed by atoms with Crippen LogP contribution >= 0.6 is 11.8 Å². The van der Waals surface area contributed by atoms with Crippen LogP contribution in [0.2, 0.25) is 0 Å². The van der Waals surface area contributed by atoms with E-state index in [0.29, 0.717) is 6.04 Å². The first kappa shape index (κ1) is 9.71. The van der Waals surface area contributed by atoms with Gasteiger partial charge in [0.2, 0.25) is 0 Å². The van der Waals surface area contributed by atoms with Crippen LogP contribution < -0.4 is 10.1 Å². The van der Waals surface area contributed by atoms with Gasteiger partial charge in [-0.3, -0.25) is 0 Å². The molecule has 0 amide bonds. The third kappa shape index (κ3) is 2.35. The molecule has 0 spiro atoms. The number of anilines is 1. The summed E-state index contributed by atoms with van der Waals surface area (Å²) in [6, 6.07) is 8.75. The van der Waals surface area contributed by atoms with Crippen molar-refractivity contribution in [2.75, 3.05) is 23.9 Å². The summed E-state index contributed by atoms with van der Waals surface area (Å²) in [5.74, 6) is 3.42. The Morgan fingerprint density at radius 3 is 3.14 bits per heavy atom. The normalized spacial score (nSPS) is 20.8. The van der Waals surface area contributed by atoms with Crippen LogP contribution in [0.25, 0.3) is 0 Å². The van der Waals surface area contributed by atoms with Gasteiger partial charge in [0.05, 0.1) is 7.11 Å². The van der Waals surface area contributed by atoms with Crippen molar-refractivity contribution < 1.29 is 4.74 Å². The minimum Gasteiger partial charge on any atom is -0.497 e. The van der Waals surface area contributed by atoms with E-state index < -0.39 is 0 Å². The Morgan fingerprint density at radius 2 is 2.43 bits per heavy atom.